The van der Waals surface area contributed by atoms with Crippen molar-refractivity contribution < 1.29 is 14.7 Å². The van der Waals surface area contributed by atoms with Crippen LogP contribution in [0.3, 0.4) is 0 Å². The van der Waals surface area contributed by atoms with E-state index >= 15 is 0 Å². The average Bonchev–Trinajstić information content (AvgIpc) is 3.04. The van der Waals surface area contributed by atoms with Gasteiger partial charge in [0.2, 0.25) is 5.91 Å². The van der Waals surface area contributed by atoms with E-state index in [1.165, 1.54) is 11.3 Å². The number of thiazole rings is 1. The zero-order valence-corrected chi connectivity index (χ0v) is 12.3. The molecule has 1 aromatic carbocycles. The van der Waals surface area contributed by atoms with Gasteiger partial charge in [-0.15, -0.1) is 11.3 Å². The lowest BCUT2D eigenvalue weighted by Crippen LogP contribution is -2.30. The van der Waals surface area contributed by atoms with Crippen LogP contribution in [0.2, 0.25) is 0 Å². The standard InChI is InChI=1S/C15H14N2O3S/c1-9-16-12(8-21-9)7-14(18)17-5-4-10-6-11(15(19)20)2-3-13(10)17/h2-3,6,8H,4-5,7H2,1H3,(H,19,20). The molecule has 1 aliphatic rings. The van der Waals surface area contributed by atoms with E-state index < -0.39 is 5.97 Å². The van der Waals surface area contributed by atoms with Gasteiger partial charge in [0.25, 0.3) is 0 Å². The van der Waals surface area contributed by atoms with Gasteiger partial charge in [-0.1, -0.05) is 0 Å². The summed E-state index contributed by atoms with van der Waals surface area (Å²) < 4.78 is 0. The van der Waals surface area contributed by atoms with Crippen LogP contribution in [0.15, 0.2) is 23.6 Å². The lowest BCUT2D eigenvalue weighted by Gasteiger charge is -2.16. The fourth-order valence-electron chi connectivity index (χ4n) is 2.53. The molecule has 6 heteroatoms. The number of carboxylic acid groups (broad SMARTS) is 1. The topological polar surface area (TPSA) is 70.5 Å². The first-order chi connectivity index (χ1) is 10.0. The number of aryl methyl sites for hydroxylation is 1. The Labute approximate surface area is 125 Å². The van der Waals surface area contributed by atoms with Gasteiger partial charge in [-0.2, -0.15) is 0 Å². The molecule has 0 aliphatic carbocycles. The molecule has 108 valence electrons. The van der Waals surface area contributed by atoms with E-state index in [2.05, 4.69) is 4.98 Å². The monoisotopic (exact) mass is 302 g/mol. The number of hydrogen-bond acceptors (Lipinski definition) is 4. The van der Waals surface area contributed by atoms with Crippen molar-refractivity contribution in [3.63, 3.8) is 0 Å². The molecule has 2 aromatic rings. The van der Waals surface area contributed by atoms with Crippen molar-refractivity contribution in [1.29, 1.82) is 0 Å². The zero-order chi connectivity index (χ0) is 15.0. The molecule has 21 heavy (non-hydrogen) atoms. The molecular formula is C15H14N2O3S. The summed E-state index contributed by atoms with van der Waals surface area (Å²) in [6.45, 7) is 2.51. The molecule has 0 spiro atoms. The molecule has 2 heterocycles. The first-order valence-electron chi connectivity index (χ1n) is 6.62. The third-order valence-electron chi connectivity index (χ3n) is 3.52. The van der Waals surface area contributed by atoms with Crippen molar-refractivity contribution in [2.45, 2.75) is 19.8 Å². The Hall–Kier alpha value is -2.21. The molecule has 0 atom stereocenters. The number of rotatable bonds is 3. The quantitative estimate of drug-likeness (QED) is 0.944. The summed E-state index contributed by atoms with van der Waals surface area (Å²) in [5.41, 5.74) is 2.78. The van der Waals surface area contributed by atoms with Gasteiger partial charge in [-0.3, -0.25) is 4.79 Å². The number of carbonyl (C=O) groups is 2. The highest BCUT2D eigenvalue weighted by Gasteiger charge is 2.25. The van der Waals surface area contributed by atoms with Crippen LogP contribution in [0, 0.1) is 6.92 Å². The van der Waals surface area contributed by atoms with E-state index in [9.17, 15) is 9.59 Å². The van der Waals surface area contributed by atoms with E-state index in [4.69, 9.17) is 5.11 Å². The van der Waals surface area contributed by atoms with Gasteiger partial charge in [-0.05, 0) is 37.1 Å². The fourth-order valence-corrected chi connectivity index (χ4v) is 3.15. The summed E-state index contributed by atoms with van der Waals surface area (Å²) in [4.78, 5) is 29.4. The number of aromatic carboxylic acids is 1. The van der Waals surface area contributed by atoms with Gasteiger partial charge in [0.05, 0.1) is 22.7 Å². The molecule has 0 radical (unpaired) electrons. The molecule has 0 saturated carbocycles. The minimum absolute atomic E-state index is 0.00197. The normalized spacial score (nSPS) is 13.3. The fraction of sp³-hybridized carbons (Fsp3) is 0.267. The summed E-state index contributed by atoms with van der Waals surface area (Å²) in [6, 6.07) is 4.91. The number of anilines is 1. The molecule has 1 N–H and O–H groups in total. The van der Waals surface area contributed by atoms with Gasteiger partial charge >= 0.3 is 5.97 Å². The van der Waals surface area contributed by atoms with Gasteiger partial charge in [0, 0.05) is 17.6 Å². The Morgan fingerprint density at radius 1 is 1.43 bits per heavy atom. The number of nitrogens with zero attached hydrogens (tertiary/aromatic N) is 2. The Balaban J connectivity index is 1.80. The predicted octanol–water partition coefficient (Wildman–Crippen LogP) is 2.28. The maximum atomic E-state index is 12.4. The average molecular weight is 302 g/mol. The number of hydrogen-bond donors (Lipinski definition) is 1. The number of benzene rings is 1. The van der Waals surface area contributed by atoms with E-state index in [1.807, 2.05) is 12.3 Å². The second kappa shape index (κ2) is 5.29. The number of fused-ring (bicyclic) bond motifs is 1. The van der Waals surface area contributed by atoms with Crippen molar-refractivity contribution in [3.8, 4) is 0 Å². The van der Waals surface area contributed by atoms with Crippen LogP contribution in [0.4, 0.5) is 5.69 Å². The third-order valence-corrected chi connectivity index (χ3v) is 4.34. The van der Waals surface area contributed by atoms with Crippen LogP contribution >= 0.6 is 11.3 Å². The lowest BCUT2D eigenvalue weighted by atomic mass is 10.1. The van der Waals surface area contributed by atoms with E-state index in [0.717, 1.165) is 22.0 Å². The van der Waals surface area contributed by atoms with Gasteiger partial charge in [-0.25, -0.2) is 9.78 Å². The highest BCUT2D eigenvalue weighted by atomic mass is 32.1. The molecule has 0 bridgehead atoms. The highest BCUT2D eigenvalue weighted by Crippen LogP contribution is 2.29. The van der Waals surface area contributed by atoms with Crippen molar-refractivity contribution in [1.82, 2.24) is 4.98 Å². The van der Waals surface area contributed by atoms with E-state index in [0.29, 0.717) is 13.0 Å². The maximum Gasteiger partial charge on any atom is 0.335 e. The SMILES string of the molecule is Cc1nc(CC(=O)N2CCc3cc(C(=O)O)ccc32)cs1. The van der Waals surface area contributed by atoms with Crippen LogP contribution < -0.4 is 4.90 Å². The number of carbonyl (C=O) groups excluding carboxylic acids is 1. The number of carboxylic acids is 1. The summed E-state index contributed by atoms with van der Waals surface area (Å²) in [5, 5.41) is 11.9. The van der Waals surface area contributed by atoms with Gasteiger partial charge in [0.1, 0.15) is 0 Å². The summed E-state index contributed by atoms with van der Waals surface area (Å²) in [6.07, 6.45) is 0.975. The zero-order valence-electron chi connectivity index (χ0n) is 11.5. The first kappa shape index (κ1) is 13.8. The molecule has 0 fully saturated rings. The number of aromatic nitrogens is 1. The molecule has 5 nitrogen and oxygen atoms in total. The van der Waals surface area contributed by atoms with Crippen molar-refractivity contribution in [2.75, 3.05) is 11.4 Å². The van der Waals surface area contributed by atoms with Crippen molar-refractivity contribution >= 4 is 28.9 Å². The molecule has 0 unspecified atom stereocenters. The van der Waals surface area contributed by atoms with Crippen LogP contribution in [0.5, 0.6) is 0 Å². The van der Waals surface area contributed by atoms with Crippen LogP contribution in [-0.2, 0) is 17.6 Å². The summed E-state index contributed by atoms with van der Waals surface area (Å²) in [7, 11) is 0. The Bertz CT molecular complexity index is 723. The second-order valence-corrected chi connectivity index (χ2v) is 6.04. The maximum absolute atomic E-state index is 12.4. The van der Waals surface area contributed by atoms with E-state index in [1.54, 1.807) is 23.1 Å². The first-order valence-corrected chi connectivity index (χ1v) is 7.50. The van der Waals surface area contributed by atoms with Crippen molar-refractivity contribution in [3.05, 3.63) is 45.4 Å². The van der Waals surface area contributed by atoms with Crippen LogP contribution in [0.25, 0.3) is 0 Å². The minimum Gasteiger partial charge on any atom is -0.478 e. The highest BCUT2D eigenvalue weighted by molar-refractivity contribution is 7.09. The molecule has 0 saturated heterocycles. The molecule has 1 amide bonds. The minimum atomic E-state index is -0.944. The van der Waals surface area contributed by atoms with Crippen LogP contribution in [-0.4, -0.2) is 28.5 Å². The van der Waals surface area contributed by atoms with Crippen LogP contribution in [0.1, 0.15) is 26.6 Å². The molecule has 1 aliphatic heterocycles. The molecular weight excluding hydrogens is 288 g/mol. The largest absolute Gasteiger partial charge is 0.478 e. The van der Waals surface area contributed by atoms with Gasteiger partial charge in [0.15, 0.2) is 0 Å². The Morgan fingerprint density at radius 3 is 2.90 bits per heavy atom. The summed E-state index contributed by atoms with van der Waals surface area (Å²) in [5.74, 6) is -0.942. The molecule has 3 rings (SSSR count). The Kier molecular flexibility index (Phi) is 3.47. The molecule has 1 aromatic heterocycles. The predicted molar refractivity (Wildman–Crippen MR) is 80.0 cm³/mol. The third kappa shape index (κ3) is 2.67. The summed E-state index contributed by atoms with van der Waals surface area (Å²) >= 11 is 1.53. The number of amides is 1. The van der Waals surface area contributed by atoms with E-state index in [-0.39, 0.29) is 17.9 Å². The lowest BCUT2D eigenvalue weighted by molar-refractivity contribution is -0.117. The smallest absolute Gasteiger partial charge is 0.335 e. The Morgan fingerprint density at radius 2 is 2.24 bits per heavy atom. The van der Waals surface area contributed by atoms with Crippen molar-refractivity contribution in [2.24, 2.45) is 0 Å². The second-order valence-electron chi connectivity index (χ2n) is 4.98. The van der Waals surface area contributed by atoms with Gasteiger partial charge < -0.3 is 10.0 Å².